The second-order valence-corrected chi connectivity index (χ2v) is 6.05. The Kier molecular flexibility index (Phi) is 4.41. The van der Waals surface area contributed by atoms with Gasteiger partial charge in [0.1, 0.15) is 0 Å². The molecule has 1 fully saturated rings. The Hall–Kier alpha value is 0.1000. The summed E-state index contributed by atoms with van der Waals surface area (Å²) in [4.78, 5) is 0. The van der Waals surface area contributed by atoms with Crippen molar-refractivity contribution in [1.82, 2.24) is 5.32 Å². The molecule has 1 aromatic carbocycles. The standard InChI is InChI=1S/C12H16Br2N2/c13-9-1-2-11(14)10(7-9)12(15)8-3-5-16-6-4-8/h1-2,7-8,12,16H,3-6,15H2/t12-/m1/s1. The van der Waals surface area contributed by atoms with Crippen LogP contribution in [0.25, 0.3) is 0 Å². The van der Waals surface area contributed by atoms with Gasteiger partial charge in [0, 0.05) is 15.0 Å². The minimum atomic E-state index is 0.133. The molecule has 1 aliphatic heterocycles. The summed E-state index contributed by atoms with van der Waals surface area (Å²) in [6, 6.07) is 6.34. The topological polar surface area (TPSA) is 38.0 Å². The fourth-order valence-electron chi connectivity index (χ4n) is 2.23. The molecule has 0 spiro atoms. The van der Waals surface area contributed by atoms with Crippen LogP contribution in [0.15, 0.2) is 27.1 Å². The van der Waals surface area contributed by atoms with E-state index in [1.165, 1.54) is 18.4 Å². The summed E-state index contributed by atoms with van der Waals surface area (Å²) in [6.07, 6.45) is 2.33. The van der Waals surface area contributed by atoms with E-state index in [0.29, 0.717) is 5.92 Å². The van der Waals surface area contributed by atoms with Crippen LogP contribution in [0.1, 0.15) is 24.4 Å². The maximum absolute atomic E-state index is 6.36. The number of rotatable bonds is 2. The van der Waals surface area contributed by atoms with Gasteiger partial charge in [-0.15, -0.1) is 0 Å². The quantitative estimate of drug-likeness (QED) is 0.862. The highest BCUT2D eigenvalue weighted by molar-refractivity contribution is 9.11. The minimum absolute atomic E-state index is 0.133. The van der Waals surface area contributed by atoms with Gasteiger partial charge in [-0.1, -0.05) is 31.9 Å². The lowest BCUT2D eigenvalue weighted by Crippen LogP contribution is -2.33. The van der Waals surface area contributed by atoms with Crippen LogP contribution >= 0.6 is 31.9 Å². The van der Waals surface area contributed by atoms with Gasteiger partial charge in [0.25, 0.3) is 0 Å². The molecule has 0 aliphatic carbocycles. The summed E-state index contributed by atoms with van der Waals surface area (Å²) in [5.41, 5.74) is 7.57. The van der Waals surface area contributed by atoms with Gasteiger partial charge in [0.2, 0.25) is 0 Å². The molecule has 0 saturated carbocycles. The molecule has 0 amide bonds. The lowest BCUT2D eigenvalue weighted by Gasteiger charge is -2.29. The zero-order valence-electron chi connectivity index (χ0n) is 9.05. The smallest absolute Gasteiger partial charge is 0.0336 e. The van der Waals surface area contributed by atoms with Crippen LogP contribution in [-0.2, 0) is 0 Å². The Morgan fingerprint density at radius 2 is 1.94 bits per heavy atom. The van der Waals surface area contributed by atoms with Crippen LogP contribution in [0.5, 0.6) is 0 Å². The highest BCUT2D eigenvalue weighted by atomic mass is 79.9. The van der Waals surface area contributed by atoms with Gasteiger partial charge in [-0.3, -0.25) is 0 Å². The first kappa shape index (κ1) is 12.6. The van der Waals surface area contributed by atoms with Crippen molar-refractivity contribution in [3.63, 3.8) is 0 Å². The van der Waals surface area contributed by atoms with Gasteiger partial charge in [-0.05, 0) is 55.6 Å². The zero-order chi connectivity index (χ0) is 11.5. The molecule has 4 heteroatoms. The molecule has 0 unspecified atom stereocenters. The van der Waals surface area contributed by atoms with Crippen LogP contribution in [-0.4, -0.2) is 13.1 Å². The molecule has 0 aromatic heterocycles. The van der Waals surface area contributed by atoms with E-state index in [4.69, 9.17) is 5.73 Å². The van der Waals surface area contributed by atoms with Crippen molar-refractivity contribution in [3.05, 3.63) is 32.7 Å². The molecule has 0 bridgehead atoms. The van der Waals surface area contributed by atoms with E-state index >= 15 is 0 Å². The predicted molar refractivity (Wildman–Crippen MR) is 74.4 cm³/mol. The zero-order valence-corrected chi connectivity index (χ0v) is 12.2. The number of hydrogen-bond acceptors (Lipinski definition) is 2. The lowest BCUT2D eigenvalue weighted by atomic mass is 9.87. The van der Waals surface area contributed by atoms with Crippen molar-refractivity contribution in [2.75, 3.05) is 13.1 Å². The third-order valence-electron chi connectivity index (χ3n) is 3.21. The molecule has 88 valence electrons. The Labute approximate surface area is 113 Å². The molecular weight excluding hydrogens is 332 g/mol. The van der Waals surface area contributed by atoms with E-state index in [1.54, 1.807) is 0 Å². The fraction of sp³-hybridized carbons (Fsp3) is 0.500. The Bertz CT molecular complexity index is 362. The second-order valence-electron chi connectivity index (χ2n) is 4.28. The number of halogens is 2. The van der Waals surface area contributed by atoms with Crippen molar-refractivity contribution in [2.45, 2.75) is 18.9 Å². The SMILES string of the molecule is N[C@@H](c1cc(Br)ccc1Br)C1CCNCC1. The molecule has 1 heterocycles. The first-order valence-electron chi connectivity index (χ1n) is 5.59. The van der Waals surface area contributed by atoms with Gasteiger partial charge in [-0.25, -0.2) is 0 Å². The van der Waals surface area contributed by atoms with Crippen LogP contribution in [0.3, 0.4) is 0 Å². The van der Waals surface area contributed by atoms with Crippen molar-refractivity contribution in [2.24, 2.45) is 11.7 Å². The van der Waals surface area contributed by atoms with Gasteiger partial charge >= 0.3 is 0 Å². The van der Waals surface area contributed by atoms with Crippen LogP contribution in [0, 0.1) is 5.92 Å². The Morgan fingerprint density at radius 1 is 1.25 bits per heavy atom. The third kappa shape index (κ3) is 2.86. The fourth-order valence-corrected chi connectivity index (χ4v) is 3.12. The van der Waals surface area contributed by atoms with E-state index in [9.17, 15) is 0 Å². The monoisotopic (exact) mass is 346 g/mol. The molecule has 1 atom stereocenters. The van der Waals surface area contributed by atoms with Crippen LogP contribution < -0.4 is 11.1 Å². The van der Waals surface area contributed by atoms with E-state index in [1.807, 2.05) is 6.07 Å². The van der Waals surface area contributed by atoms with E-state index in [2.05, 4.69) is 49.3 Å². The highest BCUT2D eigenvalue weighted by Crippen LogP contribution is 2.32. The summed E-state index contributed by atoms with van der Waals surface area (Å²) in [5, 5.41) is 3.37. The lowest BCUT2D eigenvalue weighted by molar-refractivity contribution is 0.321. The van der Waals surface area contributed by atoms with E-state index in [0.717, 1.165) is 22.0 Å². The molecule has 16 heavy (non-hydrogen) atoms. The summed E-state index contributed by atoms with van der Waals surface area (Å²) >= 11 is 7.08. The Balaban J connectivity index is 2.18. The predicted octanol–water partition coefficient (Wildman–Crippen LogP) is 3.21. The maximum Gasteiger partial charge on any atom is 0.0336 e. The average molecular weight is 348 g/mol. The highest BCUT2D eigenvalue weighted by Gasteiger charge is 2.23. The molecule has 3 N–H and O–H groups in total. The van der Waals surface area contributed by atoms with Gasteiger partial charge < -0.3 is 11.1 Å². The molecule has 1 aromatic rings. The van der Waals surface area contributed by atoms with Crippen LogP contribution in [0.4, 0.5) is 0 Å². The van der Waals surface area contributed by atoms with Crippen molar-refractivity contribution < 1.29 is 0 Å². The largest absolute Gasteiger partial charge is 0.324 e. The molecular formula is C12H16Br2N2. The number of benzene rings is 1. The van der Waals surface area contributed by atoms with E-state index in [-0.39, 0.29) is 6.04 Å². The van der Waals surface area contributed by atoms with Crippen LogP contribution in [0.2, 0.25) is 0 Å². The Morgan fingerprint density at radius 3 is 2.62 bits per heavy atom. The number of nitrogens with two attached hydrogens (primary N) is 1. The summed E-state index contributed by atoms with van der Waals surface area (Å²) < 4.78 is 2.21. The second kappa shape index (κ2) is 5.63. The van der Waals surface area contributed by atoms with Gasteiger partial charge in [-0.2, -0.15) is 0 Å². The summed E-state index contributed by atoms with van der Waals surface area (Å²) in [6.45, 7) is 2.17. The van der Waals surface area contributed by atoms with E-state index < -0.39 is 0 Å². The first-order valence-corrected chi connectivity index (χ1v) is 7.18. The number of hydrogen-bond donors (Lipinski definition) is 2. The maximum atomic E-state index is 6.36. The van der Waals surface area contributed by atoms with Crippen molar-refractivity contribution in [3.8, 4) is 0 Å². The first-order chi connectivity index (χ1) is 7.68. The third-order valence-corrected chi connectivity index (χ3v) is 4.42. The average Bonchev–Trinajstić information content (AvgIpc) is 2.32. The number of nitrogens with one attached hydrogen (secondary N) is 1. The van der Waals surface area contributed by atoms with Gasteiger partial charge in [0.15, 0.2) is 0 Å². The molecule has 2 rings (SSSR count). The molecule has 2 nitrogen and oxygen atoms in total. The van der Waals surface area contributed by atoms with Gasteiger partial charge in [0.05, 0.1) is 0 Å². The normalized spacial score (nSPS) is 19.7. The summed E-state index contributed by atoms with van der Waals surface area (Å²) in [5.74, 6) is 0.590. The number of piperidine rings is 1. The molecule has 1 aliphatic rings. The van der Waals surface area contributed by atoms with Crippen molar-refractivity contribution in [1.29, 1.82) is 0 Å². The molecule has 0 radical (unpaired) electrons. The molecule has 1 saturated heterocycles. The minimum Gasteiger partial charge on any atom is -0.324 e. The summed E-state index contributed by atoms with van der Waals surface area (Å²) in [7, 11) is 0. The van der Waals surface area contributed by atoms with Crippen molar-refractivity contribution >= 4 is 31.9 Å².